The summed E-state index contributed by atoms with van der Waals surface area (Å²) in [5, 5.41) is 3.41. The monoisotopic (exact) mass is 221 g/mol. The highest BCUT2D eigenvalue weighted by Gasteiger charge is 2.04. The second-order valence-corrected chi connectivity index (χ2v) is 4.19. The average molecular weight is 221 g/mol. The summed E-state index contributed by atoms with van der Waals surface area (Å²) in [6, 6.07) is 10.9. The zero-order valence-electron chi connectivity index (χ0n) is 10.6. The minimum atomic E-state index is 0.180. The van der Waals surface area contributed by atoms with Crippen LogP contribution < -0.4 is 5.32 Å². The molecule has 90 valence electrons. The highest BCUT2D eigenvalue weighted by Crippen LogP contribution is 2.15. The Bertz CT molecular complexity index is 273. The Morgan fingerprint density at radius 2 is 1.88 bits per heavy atom. The number of ether oxygens (including phenoxy) is 1. The number of hydrogen-bond acceptors (Lipinski definition) is 2. The first-order chi connectivity index (χ1) is 7.74. The van der Waals surface area contributed by atoms with Gasteiger partial charge in [0.15, 0.2) is 0 Å². The average Bonchev–Trinajstić information content (AvgIpc) is 2.35. The Morgan fingerprint density at radius 1 is 1.19 bits per heavy atom. The van der Waals surface area contributed by atoms with E-state index in [0.29, 0.717) is 6.04 Å². The molecular formula is C14H23NO. The van der Waals surface area contributed by atoms with Crippen LogP contribution in [0.3, 0.4) is 0 Å². The Labute approximate surface area is 99.0 Å². The molecular weight excluding hydrogens is 198 g/mol. The molecule has 1 aromatic rings. The largest absolute Gasteiger partial charge is 0.373 e. The van der Waals surface area contributed by atoms with E-state index in [1.165, 1.54) is 5.56 Å². The van der Waals surface area contributed by atoms with Crippen molar-refractivity contribution in [3.8, 4) is 0 Å². The van der Waals surface area contributed by atoms with Crippen LogP contribution in [0.1, 0.15) is 38.9 Å². The van der Waals surface area contributed by atoms with Crippen molar-refractivity contribution in [3.63, 3.8) is 0 Å². The van der Waals surface area contributed by atoms with Gasteiger partial charge in [0, 0.05) is 12.6 Å². The van der Waals surface area contributed by atoms with Gasteiger partial charge >= 0.3 is 0 Å². The van der Waals surface area contributed by atoms with Crippen molar-refractivity contribution in [1.29, 1.82) is 0 Å². The highest BCUT2D eigenvalue weighted by atomic mass is 16.5. The SMILES string of the molecule is CCC(C)NCCOC(C)c1ccccc1. The summed E-state index contributed by atoms with van der Waals surface area (Å²) >= 11 is 0. The molecule has 2 heteroatoms. The molecule has 1 N–H and O–H groups in total. The van der Waals surface area contributed by atoms with Gasteiger partial charge in [0.25, 0.3) is 0 Å². The summed E-state index contributed by atoms with van der Waals surface area (Å²) in [5.41, 5.74) is 1.24. The summed E-state index contributed by atoms with van der Waals surface area (Å²) < 4.78 is 5.76. The van der Waals surface area contributed by atoms with Gasteiger partial charge in [-0.25, -0.2) is 0 Å². The molecule has 0 bridgehead atoms. The molecule has 0 saturated heterocycles. The van der Waals surface area contributed by atoms with Crippen LogP contribution in [0, 0.1) is 0 Å². The lowest BCUT2D eigenvalue weighted by molar-refractivity contribution is 0.0666. The van der Waals surface area contributed by atoms with Gasteiger partial charge in [-0.2, -0.15) is 0 Å². The van der Waals surface area contributed by atoms with Gasteiger partial charge in [0.05, 0.1) is 12.7 Å². The number of nitrogens with one attached hydrogen (secondary N) is 1. The van der Waals surface area contributed by atoms with Crippen LogP contribution in [0.2, 0.25) is 0 Å². The molecule has 0 radical (unpaired) electrons. The van der Waals surface area contributed by atoms with Crippen LogP contribution in [-0.4, -0.2) is 19.2 Å². The van der Waals surface area contributed by atoms with Crippen molar-refractivity contribution >= 4 is 0 Å². The lowest BCUT2D eigenvalue weighted by Gasteiger charge is -2.15. The van der Waals surface area contributed by atoms with Crippen LogP contribution in [-0.2, 0) is 4.74 Å². The molecule has 1 aromatic carbocycles. The normalized spacial score (nSPS) is 14.7. The maximum Gasteiger partial charge on any atom is 0.0797 e. The third kappa shape index (κ3) is 4.77. The van der Waals surface area contributed by atoms with Gasteiger partial charge in [-0.1, -0.05) is 37.3 Å². The number of benzene rings is 1. The van der Waals surface area contributed by atoms with E-state index in [0.717, 1.165) is 19.6 Å². The van der Waals surface area contributed by atoms with E-state index in [4.69, 9.17) is 4.74 Å². The summed E-state index contributed by atoms with van der Waals surface area (Å²) in [5.74, 6) is 0. The zero-order chi connectivity index (χ0) is 11.8. The Hall–Kier alpha value is -0.860. The standard InChI is InChI=1S/C14H23NO/c1-4-12(2)15-10-11-16-13(3)14-8-6-5-7-9-14/h5-9,12-13,15H,4,10-11H2,1-3H3. The summed E-state index contributed by atoms with van der Waals surface area (Å²) in [4.78, 5) is 0. The van der Waals surface area contributed by atoms with Crippen LogP contribution in [0.4, 0.5) is 0 Å². The Balaban J connectivity index is 2.18. The third-order valence-electron chi connectivity index (χ3n) is 2.84. The summed E-state index contributed by atoms with van der Waals surface area (Å²) in [6.07, 6.45) is 1.34. The van der Waals surface area contributed by atoms with E-state index in [2.05, 4.69) is 38.2 Å². The summed E-state index contributed by atoms with van der Waals surface area (Å²) in [6.45, 7) is 8.16. The van der Waals surface area contributed by atoms with E-state index in [-0.39, 0.29) is 6.10 Å². The minimum absolute atomic E-state index is 0.180. The Kier molecular flexibility index (Phi) is 6.12. The van der Waals surface area contributed by atoms with Crippen molar-refractivity contribution in [2.75, 3.05) is 13.2 Å². The molecule has 2 unspecified atom stereocenters. The second-order valence-electron chi connectivity index (χ2n) is 4.19. The van der Waals surface area contributed by atoms with Crippen molar-refractivity contribution in [3.05, 3.63) is 35.9 Å². The predicted molar refractivity (Wildman–Crippen MR) is 68.6 cm³/mol. The Morgan fingerprint density at radius 3 is 2.50 bits per heavy atom. The number of hydrogen-bond donors (Lipinski definition) is 1. The van der Waals surface area contributed by atoms with E-state index in [1.54, 1.807) is 0 Å². The van der Waals surface area contributed by atoms with Gasteiger partial charge in [-0.05, 0) is 25.8 Å². The predicted octanol–water partition coefficient (Wildman–Crippen LogP) is 3.15. The maximum absolute atomic E-state index is 5.76. The van der Waals surface area contributed by atoms with Gasteiger partial charge in [0.2, 0.25) is 0 Å². The topological polar surface area (TPSA) is 21.3 Å². The smallest absolute Gasteiger partial charge is 0.0797 e. The third-order valence-corrected chi connectivity index (χ3v) is 2.84. The van der Waals surface area contributed by atoms with Crippen LogP contribution in [0.15, 0.2) is 30.3 Å². The van der Waals surface area contributed by atoms with Crippen molar-refractivity contribution < 1.29 is 4.74 Å². The molecule has 0 amide bonds. The van der Waals surface area contributed by atoms with Gasteiger partial charge in [-0.15, -0.1) is 0 Å². The first-order valence-corrected chi connectivity index (χ1v) is 6.14. The molecule has 16 heavy (non-hydrogen) atoms. The molecule has 0 aliphatic heterocycles. The molecule has 0 aromatic heterocycles. The van der Waals surface area contributed by atoms with Crippen molar-refractivity contribution in [2.45, 2.75) is 39.3 Å². The molecule has 0 fully saturated rings. The first kappa shape index (κ1) is 13.2. The highest BCUT2D eigenvalue weighted by molar-refractivity contribution is 5.16. The molecule has 0 aliphatic carbocycles. The fourth-order valence-electron chi connectivity index (χ4n) is 1.51. The minimum Gasteiger partial charge on any atom is -0.373 e. The molecule has 0 spiro atoms. The summed E-state index contributed by atoms with van der Waals surface area (Å²) in [7, 11) is 0. The van der Waals surface area contributed by atoms with Gasteiger partial charge in [0.1, 0.15) is 0 Å². The molecule has 1 rings (SSSR count). The molecule has 0 saturated carbocycles. The van der Waals surface area contributed by atoms with E-state index >= 15 is 0 Å². The second kappa shape index (κ2) is 7.42. The van der Waals surface area contributed by atoms with E-state index in [9.17, 15) is 0 Å². The maximum atomic E-state index is 5.76. The van der Waals surface area contributed by atoms with Crippen LogP contribution in [0.25, 0.3) is 0 Å². The zero-order valence-corrected chi connectivity index (χ0v) is 10.6. The van der Waals surface area contributed by atoms with Crippen LogP contribution in [0.5, 0.6) is 0 Å². The van der Waals surface area contributed by atoms with E-state index in [1.807, 2.05) is 18.2 Å². The molecule has 0 heterocycles. The molecule has 2 nitrogen and oxygen atoms in total. The molecule has 0 aliphatic rings. The van der Waals surface area contributed by atoms with Gasteiger partial charge < -0.3 is 10.1 Å². The van der Waals surface area contributed by atoms with Gasteiger partial charge in [-0.3, -0.25) is 0 Å². The molecule has 2 atom stereocenters. The van der Waals surface area contributed by atoms with Crippen LogP contribution >= 0.6 is 0 Å². The number of rotatable bonds is 7. The fourth-order valence-corrected chi connectivity index (χ4v) is 1.51. The van der Waals surface area contributed by atoms with E-state index < -0.39 is 0 Å². The van der Waals surface area contributed by atoms with Crippen molar-refractivity contribution in [1.82, 2.24) is 5.32 Å². The quantitative estimate of drug-likeness (QED) is 0.714. The lowest BCUT2D eigenvalue weighted by Crippen LogP contribution is -2.28. The van der Waals surface area contributed by atoms with Crippen molar-refractivity contribution in [2.24, 2.45) is 0 Å². The fraction of sp³-hybridized carbons (Fsp3) is 0.571. The first-order valence-electron chi connectivity index (χ1n) is 6.14. The lowest BCUT2D eigenvalue weighted by atomic mass is 10.1.